The minimum atomic E-state index is -0.435. The third kappa shape index (κ3) is 3.22. The van der Waals surface area contributed by atoms with Gasteiger partial charge in [0.05, 0.1) is 0 Å². The molecule has 1 heterocycles. The summed E-state index contributed by atoms with van der Waals surface area (Å²) in [6, 6.07) is 0. The molecule has 0 bridgehead atoms. The maximum atomic E-state index is 12.1. The van der Waals surface area contributed by atoms with E-state index in [4.69, 9.17) is 4.74 Å². The summed E-state index contributed by atoms with van der Waals surface area (Å²) in [5.41, 5.74) is -0.351. The fraction of sp³-hybridized carbons (Fsp3) is 0.933. The quantitative estimate of drug-likeness (QED) is 0.838. The van der Waals surface area contributed by atoms with Gasteiger partial charge in [-0.25, -0.2) is 4.79 Å². The van der Waals surface area contributed by atoms with Crippen LogP contribution in [0.3, 0.4) is 0 Å². The minimum Gasteiger partial charge on any atom is -0.444 e. The molecule has 4 nitrogen and oxygen atoms in total. The molecule has 1 N–H and O–H groups in total. The van der Waals surface area contributed by atoms with Gasteiger partial charge >= 0.3 is 6.09 Å². The highest BCUT2D eigenvalue weighted by molar-refractivity contribution is 5.68. The summed E-state index contributed by atoms with van der Waals surface area (Å²) in [5, 5.41) is 9.67. The van der Waals surface area contributed by atoms with E-state index < -0.39 is 5.60 Å². The minimum absolute atomic E-state index is 0.0840. The van der Waals surface area contributed by atoms with Gasteiger partial charge in [-0.2, -0.15) is 0 Å². The van der Waals surface area contributed by atoms with Crippen molar-refractivity contribution in [3.8, 4) is 0 Å². The molecule has 1 aliphatic carbocycles. The SMILES string of the molecule is CC(C)(C)OC(=O)N1CCCC(C2(CO)CCC2)C1. The van der Waals surface area contributed by atoms with Crippen LogP contribution in [0.2, 0.25) is 0 Å². The molecule has 4 heteroatoms. The van der Waals surface area contributed by atoms with Gasteiger partial charge in [0.25, 0.3) is 0 Å². The van der Waals surface area contributed by atoms with E-state index in [2.05, 4.69) is 0 Å². The molecule has 1 atom stereocenters. The van der Waals surface area contributed by atoms with E-state index in [-0.39, 0.29) is 18.1 Å². The molecule has 0 radical (unpaired) electrons. The number of carbonyl (C=O) groups excluding carboxylic acids is 1. The van der Waals surface area contributed by atoms with Crippen molar-refractivity contribution < 1.29 is 14.6 Å². The van der Waals surface area contributed by atoms with Crippen molar-refractivity contribution in [1.29, 1.82) is 0 Å². The Morgan fingerprint density at radius 2 is 2.05 bits per heavy atom. The first-order valence-corrected chi connectivity index (χ1v) is 7.45. The Kier molecular flexibility index (Phi) is 4.09. The molecule has 1 aliphatic heterocycles. The number of amides is 1. The van der Waals surface area contributed by atoms with Crippen molar-refractivity contribution in [2.45, 2.75) is 58.5 Å². The summed E-state index contributed by atoms with van der Waals surface area (Å²) in [6.45, 7) is 7.48. The molecule has 110 valence electrons. The third-order valence-corrected chi connectivity index (χ3v) is 4.60. The van der Waals surface area contributed by atoms with Crippen molar-refractivity contribution >= 4 is 6.09 Å². The standard InChI is InChI=1S/C15H27NO3/c1-14(2,3)19-13(18)16-9-4-6-12(10-16)15(11-17)7-5-8-15/h12,17H,4-11H2,1-3H3. The first kappa shape index (κ1) is 14.6. The number of aliphatic hydroxyl groups is 1. The zero-order valence-corrected chi connectivity index (χ0v) is 12.4. The summed E-state index contributed by atoms with van der Waals surface area (Å²) >= 11 is 0. The zero-order valence-electron chi connectivity index (χ0n) is 12.4. The van der Waals surface area contributed by atoms with Crippen LogP contribution in [0.15, 0.2) is 0 Å². The monoisotopic (exact) mass is 269 g/mol. The lowest BCUT2D eigenvalue weighted by Gasteiger charge is -2.50. The lowest BCUT2D eigenvalue weighted by atomic mass is 9.59. The van der Waals surface area contributed by atoms with E-state index in [1.807, 2.05) is 25.7 Å². The van der Waals surface area contributed by atoms with Crippen LogP contribution in [-0.2, 0) is 4.74 Å². The van der Waals surface area contributed by atoms with Crippen LogP contribution in [0.1, 0.15) is 52.9 Å². The second-order valence-electron chi connectivity index (χ2n) is 7.14. The number of aliphatic hydroxyl groups excluding tert-OH is 1. The molecule has 0 spiro atoms. The van der Waals surface area contributed by atoms with E-state index in [0.717, 1.165) is 38.8 Å². The van der Waals surface area contributed by atoms with Gasteiger partial charge in [0.1, 0.15) is 5.60 Å². The molecule has 0 aromatic rings. The summed E-state index contributed by atoms with van der Waals surface area (Å²) in [6.07, 6.45) is 5.37. The summed E-state index contributed by atoms with van der Waals surface area (Å²) in [5.74, 6) is 0.438. The van der Waals surface area contributed by atoms with Gasteiger partial charge in [0.15, 0.2) is 0 Å². The highest BCUT2D eigenvalue weighted by atomic mass is 16.6. The first-order chi connectivity index (χ1) is 8.86. The number of hydrogen-bond donors (Lipinski definition) is 1. The van der Waals surface area contributed by atoms with Crippen LogP contribution in [0.25, 0.3) is 0 Å². The molecular formula is C15H27NO3. The van der Waals surface area contributed by atoms with Gasteiger partial charge < -0.3 is 14.7 Å². The molecule has 19 heavy (non-hydrogen) atoms. The van der Waals surface area contributed by atoms with Crippen LogP contribution in [0.4, 0.5) is 4.79 Å². The molecule has 1 saturated carbocycles. The maximum absolute atomic E-state index is 12.1. The smallest absolute Gasteiger partial charge is 0.410 e. The third-order valence-electron chi connectivity index (χ3n) is 4.60. The van der Waals surface area contributed by atoms with Gasteiger partial charge in [0.2, 0.25) is 0 Å². The summed E-state index contributed by atoms with van der Waals surface area (Å²) in [4.78, 5) is 14.0. The van der Waals surface area contributed by atoms with Gasteiger partial charge in [-0.3, -0.25) is 0 Å². The number of rotatable bonds is 2. The highest BCUT2D eigenvalue weighted by Crippen LogP contribution is 2.49. The number of ether oxygens (including phenoxy) is 1. The number of piperidine rings is 1. The topological polar surface area (TPSA) is 49.8 Å². The van der Waals surface area contributed by atoms with Crippen LogP contribution in [0, 0.1) is 11.3 Å². The summed E-state index contributed by atoms with van der Waals surface area (Å²) < 4.78 is 5.45. The fourth-order valence-corrected chi connectivity index (χ4v) is 3.30. The number of nitrogens with zero attached hydrogens (tertiary/aromatic N) is 1. The van der Waals surface area contributed by atoms with Gasteiger partial charge in [-0.1, -0.05) is 6.42 Å². The molecular weight excluding hydrogens is 242 g/mol. The lowest BCUT2D eigenvalue weighted by molar-refractivity contribution is -0.0487. The second-order valence-corrected chi connectivity index (χ2v) is 7.14. The van der Waals surface area contributed by atoms with E-state index in [9.17, 15) is 9.90 Å². The van der Waals surface area contributed by atoms with Gasteiger partial charge in [0, 0.05) is 19.7 Å². The normalized spacial score (nSPS) is 26.7. The van der Waals surface area contributed by atoms with E-state index >= 15 is 0 Å². The predicted octanol–water partition coefficient (Wildman–Crippen LogP) is 2.80. The fourth-order valence-electron chi connectivity index (χ4n) is 3.30. The van der Waals surface area contributed by atoms with Crippen molar-refractivity contribution in [2.24, 2.45) is 11.3 Å². The predicted molar refractivity (Wildman–Crippen MR) is 73.9 cm³/mol. The van der Waals surface area contributed by atoms with Gasteiger partial charge in [-0.05, 0) is 57.8 Å². The Bertz CT molecular complexity index is 325. The first-order valence-electron chi connectivity index (χ1n) is 7.45. The number of likely N-dealkylation sites (tertiary alicyclic amines) is 1. The van der Waals surface area contributed by atoms with E-state index in [1.165, 1.54) is 6.42 Å². The Balaban J connectivity index is 1.95. The lowest BCUT2D eigenvalue weighted by Crippen LogP contribution is -2.51. The molecule has 0 aromatic heterocycles. The maximum Gasteiger partial charge on any atom is 0.410 e. The van der Waals surface area contributed by atoms with Gasteiger partial charge in [-0.15, -0.1) is 0 Å². The van der Waals surface area contributed by atoms with Crippen molar-refractivity contribution in [3.63, 3.8) is 0 Å². The van der Waals surface area contributed by atoms with E-state index in [0.29, 0.717) is 5.92 Å². The largest absolute Gasteiger partial charge is 0.444 e. The molecule has 0 aromatic carbocycles. The zero-order chi connectivity index (χ0) is 14.1. The Morgan fingerprint density at radius 1 is 1.37 bits per heavy atom. The molecule has 1 saturated heterocycles. The molecule has 2 aliphatic rings. The molecule has 2 fully saturated rings. The second kappa shape index (κ2) is 5.31. The highest BCUT2D eigenvalue weighted by Gasteiger charge is 2.45. The molecule has 1 unspecified atom stereocenters. The number of hydrogen-bond acceptors (Lipinski definition) is 3. The summed E-state index contributed by atoms with van der Waals surface area (Å²) in [7, 11) is 0. The Labute approximate surface area is 116 Å². The van der Waals surface area contributed by atoms with Crippen molar-refractivity contribution in [2.75, 3.05) is 19.7 Å². The Hall–Kier alpha value is -0.770. The number of carbonyl (C=O) groups is 1. The van der Waals surface area contributed by atoms with Crippen LogP contribution in [0.5, 0.6) is 0 Å². The molecule has 1 amide bonds. The van der Waals surface area contributed by atoms with Crippen LogP contribution >= 0.6 is 0 Å². The average Bonchev–Trinajstić information content (AvgIpc) is 2.26. The van der Waals surface area contributed by atoms with Crippen molar-refractivity contribution in [1.82, 2.24) is 4.90 Å². The average molecular weight is 269 g/mol. The molecule has 2 rings (SSSR count). The van der Waals surface area contributed by atoms with E-state index in [1.54, 1.807) is 0 Å². The van der Waals surface area contributed by atoms with Crippen LogP contribution < -0.4 is 0 Å². The Morgan fingerprint density at radius 3 is 2.53 bits per heavy atom. The van der Waals surface area contributed by atoms with Crippen molar-refractivity contribution in [3.05, 3.63) is 0 Å². The van der Waals surface area contributed by atoms with Crippen LogP contribution in [-0.4, -0.2) is 41.4 Å².